The Balaban J connectivity index is 1.86. The number of ketones is 1. The molecule has 1 N–H and O–H groups in total. The SMILES string of the molecule is CC(=O)C(CN1C(=O)c2ccccc2C1=O)C(O)c1ccco1. The maximum Gasteiger partial charge on any atom is 0.261 e. The second-order valence-corrected chi connectivity index (χ2v) is 5.44. The summed E-state index contributed by atoms with van der Waals surface area (Å²) in [5.74, 6) is -1.96. The fraction of sp³-hybridized carbons (Fsp3) is 0.235. The number of aliphatic hydroxyl groups is 1. The molecule has 2 atom stereocenters. The molecule has 1 aliphatic rings. The highest BCUT2D eigenvalue weighted by Gasteiger charge is 2.39. The maximum absolute atomic E-state index is 12.4. The number of benzene rings is 1. The number of imide groups is 1. The van der Waals surface area contributed by atoms with E-state index in [1.807, 2.05) is 0 Å². The van der Waals surface area contributed by atoms with Crippen molar-refractivity contribution in [2.24, 2.45) is 5.92 Å². The van der Waals surface area contributed by atoms with Crippen molar-refractivity contribution < 1.29 is 23.9 Å². The highest BCUT2D eigenvalue weighted by molar-refractivity contribution is 6.21. The van der Waals surface area contributed by atoms with E-state index in [2.05, 4.69) is 0 Å². The number of Topliss-reactive ketones (excluding diaryl/α,β-unsaturated/α-hetero) is 1. The van der Waals surface area contributed by atoms with Gasteiger partial charge in [-0.1, -0.05) is 12.1 Å². The smallest absolute Gasteiger partial charge is 0.261 e. The molecule has 1 aliphatic heterocycles. The van der Waals surface area contributed by atoms with Crippen LogP contribution in [-0.4, -0.2) is 34.1 Å². The van der Waals surface area contributed by atoms with Crippen LogP contribution in [0.15, 0.2) is 47.1 Å². The van der Waals surface area contributed by atoms with Crippen LogP contribution < -0.4 is 0 Å². The van der Waals surface area contributed by atoms with Crippen molar-refractivity contribution >= 4 is 17.6 Å². The number of hydrogen-bond donors (Lipinski definition) is 1. The summed E-state index contributed by atoms with van der Waals surface area (Å²) in [5, 5.41) is 10.3. The van der Waals surface area contributed by atoms with Gasteiger partial charge in [-0.3, -0.25) is 19.3 Å². The number of hydrogen-bond acceptors (Lipinski definition) is 5. The molecule has 2 unspecified atom stereocenters. The van der Waals surface area contributed by atoms with Crippen LogP contribution in [0.5, 0.6) is 0 Å². The number of furan rings is 1. The van der Waals surface area contributed by atoms with E-state index < -0.39 is 23.8 Å². The Labute approximate surface area is 132 Å². The lowest BCUT2D eigenvalue weighted by Gasteiger charge is -2.23. The first-order chi connectivity index (χ1) is 11.0. The second-order valence-electron chi connectivity index (χ2n) is 5.44. The van der Waals surface area contributed by atoms with Crippen molar-refractivity contribution in [1.82, 2.24) is 4.90 Å². The molecule has 0 radical (unpaired) electrons. The first kappa shape index (κ1) is 15.2. The van der Waals surface area contributed by atoms with Crippen molar-refractivity contribution in [3.05, 3.63) is 59.5 Å². The van der Waals surface area contributed by atoms with Crippen LogP contribution in [0.2, 0.25) is 0 Å². The molecule has 2 heterocycles. The fourth-order valence-corrected chi connectivity index (χ4v) is 2.71. The molecular weight excluding hydrogens is 298 g/mol. The van der Waals surface area contributed by atoms with E-state index in [-0.39, 0.29) is 18.1 Å². The number of carbonyl (C=O) groups is 3. The van der Waals surface area contributed by atoms with Gasteiger partial charge in [0, 0.05) is 6.54 Å². The van der Waals surface area contributed by atoms with Crippen molar-refractivity contribution in [1.29, 1.82) is 0 Å². The van der Waals surface area contributed by atoms with Gasteiger partial charge in [0.15, 0.2) is 0 Å². The summed E-state index contributed by atoms with van der Waals surface area (Å²) in [6.07, 6.45) is 0.171. The average molecular weight is 313 g/mol. The lowest BCUT2D eigenvalue weighted by atomic mass is 9.95. The zero-order chi connectivity index (χ0) is 16.6. The molecule has 1 aromatic heterocycles. The third-order valence-corrected chi connectivity index (χ3v) is 4.00. The Kier molecular flexibility index (Phi) is 3.83. The Bertz CT molecular complexity index is 730. The van der Waals surface area contributed by atoms with Crippen molar-refractivity contribution in [2.45, 2.75) is 13.0 Å². The van der Waals surface area contributed by atoms with E-state index in [1.54, 1.807) is 36.4 Å². The number of rotatable bonds is 5. The van der Waals surface area contributed by atoms with E-state index in [0.717, 1.165) is 4.90 Å². The van der Waals surface area contributed by atoms with Crippen LogP contribution in [0.1, 0.15) is 39.5 Å². The van der Waals surface area contributed by atoms with E-state index in [4.69, 9.17) is 4.42 Å². The van der Waals surface area contributed by atoms with E-state index in [0.29, 0.717) is 11.1 Å². The van der Waals surface area contributed by atoms with Crippen LogP contribution in [0.4, 0.5) is 0 Å². The normalized spacial score (nSPS) is 16.3. The first-order valence-electron chi connectivity index (χ1n) is 7.18. The largest absolute Gasteiger partial charge is 0.467 e. The number of fused-ring (bicyclic) bond motifs is 1. The minimum absolute atomic E-state index is 0.191. The first-order valence-corrected chi connectivity index (χ1v) is 7.18. The summed E-state index contributed by atoms with van der Waals surface area (Å²) < 4.78 is 5.12. The molecule has 2 amide bonds. The topological polar surface area (TPSA) is 87.8 Å². The molecule has 0 spiro atoms. The molecule has 0 bridgehead atoms. The van der Waals surface area contributed by atoms with E-state index in [9.17, 15) is 19.5 Å². The molecular formula is C17H15NO5. The van der Waals surface area contributed by atoms with Crippen molar-refractivity contribution in [3.63, 3.8) is 0 Å². The molecule has 1 aromatic carbocycles. The van der Waals surface area contributed by atoms with Crippen LogP contribution in [-0.2, 0) is 4.79 Å². The van der Waals surface area contributed by atoms with Crippen LogP contribution >= 0.6 is 0 Å². The highest BCUT2D eigenvalue weighted by Crippen LogP contribution is 2.28. The molecule has 118 valence electrons. The van der Waals surface area contributed by atoms with Crippen molar-refractivity contribution in [2.75, 3.05) is 6.54 Å². The number of aliphatic hydroxyl groups excluding tert-OH is 1. The standard InChI is InChI=1S/C17H15NO5/c1-10(19)13(15(20)14-7-4-8-23-14)9-18-16(21)11-5-2-3-6-12(11)17(18)22/h2-8,13,15,20H,9H2,1H3. The lowest BCUT2D eigenvalue weighted by Crippen LogP contribution is -2.39. The summed E-state index contributed by atoms with van der Waals surface area (Å²) in [5.41, 5.74) is 0.625. The minimum atomic E-state index is -1.22. The van der Waals surface area contributed by atoms with Gasteiger partial charge in [0.05, 0.1) is 23.3 Å². The van der Waals surface area contributed by atoms with Crippen LogP contribution in [0, 0.1) is 5.92 Å². The number of amides is 2. The number of nitrogens with zero attached hydrogens (tertiary/aromatic N) is 1. The monoisotopic (exact) mass is 313 g/mol. The molecule has 6 heteroatoms. The molecule has 0 saturated heterocycles. The Morgan fingerprint density at radius 2 is 1.74 bits per heavy atom. The number of carbonyl (C=O) groups excluding carboxylic acids is 3. The van der Waals surface area contributed by atoms with Crippen molar-refractivity contribution in [3.8, 4) is 0 Å². The van der Waals surface area contributed by atoms with Crippen LogP contribution in [0.25, 0.3) is 0 Å². The van der Waals surface area contributed by atoms with Gasteiger partial charge in [-0.25, -0.2) is 0 Å². The van der Waals surface area contributed by atoms with Gasteiger partial charge in [-0.15, -0.1) is 0 Å². The Hall–Kier alpha value is -2.73. The zero-order valence-electron chi connectivity index (χ0n) is 12.4. The van der Waals surface area contributed by atoms with Gasteiger partial charge in [0.25, 0.3) is 11.8 Å². The molecule has 0 aliphatic carbocycles. The summed E-state index contributed by atoms with van der Waals surface area (Å²) in [6, 6.07) is 9.63. The minimum Gasteiger partial charge on any atom is -0.467 e. The molecule has 6 nitrogen and oxygen atoms in total. The zero-order valence-corrected chi connectivity index (χ0v) is 12.4. The average Bonchev–Trinajstić information content (AvgIpc) is 3.15. The van der Waals surface area contributed by atoms with Crippen LogP contribution in [0.3, 0.4) is 0 Å². The molecule has 0 fully saturated rings. The summed E-state index contributed by atoms with van der Waals surface area (Å²) in [6.45, 7) is 1.12. The molecule has 3 rings (SSSR count). The second kappa shape index (κ2) is 5.81. The summed E-state index contributed by atoms with van der Waals surface area (Å²) >= 11 is 0. The fourth-order valence-electron chi connectivity index (χ4n) is 2.71. The van der Waals surface area contributed by atoms with Gasteiger partial charge < -0.3 is 9.52 Å². The van der Waals surface area contributed by atoms with Gasteiger partial charge >= 0.3 is 0 Å². The predicted molar refractivity (Wildman–Crippen MR) is 79.6 cm³/mol. The van der Waals surface area contributed by atoms with Gasteiger partial charge in [0.2, 0.25) is 0 Å². The summed E-state index contributed by atoms with van der Waals surface area (Å²) in [4.78, 5) is 37.6. The van der Waals surface area contributed by atoms with E-state index in [1.165, 1.54) is 13.2 Å². The maximum atomic E-state index is 12.4. The Morgan fingerprint density at radius 3 is 2.22 bits per heavy atom. The third-order valence-electron chi connectivity index (χ3n) is 4.00. The molecule has 0 saturated carbocycles. The van der Waals surface area contributed by atoms with Gasteiger partial charge in [-0.05, 0) is 31.2 Å². The third kappa shape index (κ3) is 2.57. The highest BCUT2D eigenvalue weighted by atomic mass is 16.4. The molecule has 2 aromatic rings. The quantitative estimate of drug-likeness (QED) is 0.851. The van der Waals surface area contributed by atoms with E-state index >= 15 is 0 Å². The predicted octanol–water partition coefficient (Wildman–Crippen LogP) is 1.81. The van der Waals surface area contributed by atoms with Gasteiger partial charge in [0.1, 0.15) is 17.6 Å². The molecule has 23 heavy (non-hydrogen) atoms. The van der Waals surface area contributed by atoms with Gasteiger partial charge in [-0.2, -0.15) is 0 Å². The summed E-state index contributed by atoms with van der Waals surface area (Å²) in [7, 11) is 0. The Morgan fingerprint density at radius 1 is 1.13 bits per heavy atom. The lowest BCUT2D eigenvalue weighted by molar-refractivity contribution is -0.125.